The summed E-state index contributed by atoms with van der Waals surface area (Å²) in [6.45, 7) is 6.50. The maximum absolute atomic E-state index is 12.7. The van der Waals surface area contributed by atoms with E-state index in [9.17, 15) is 9.00 Å². The van der Waals surface area contributed by atoms with Gasteiger partial charge in [0.15, 0.2) is 0 Å². The van der Waals surface area contributed by atoms with Crippen LogP contribution in [0.1, 0.15) is 52.9 Å². The van der Waals surface area contributed by atoms with Gasteiger partial charge in [-0.1, -0.05) is 33.6 Å². The number of rotatable bonds is 5. The maximum atomic E-state index is 12.7. The van der Waals surface area contributed by atoms with Crippen LogP contribution in [0.3, 0.4) is 0 Å². The van der Waals surface area contributed by atoms with Crippen molar-refractivity contribution in [1.82, 2.24) is 10.2 Å². The molecule has 0 radical (unpaired) electrons. The van der Waals surface area contributed by atoms with E-state index in [1.165, 1.54) is 0 Å². The standard InChI is InChI=1S/C15H28N2O2S/c1-4-5-6-13-15(18)17(14(16-13)11(2)3)12-7-9-20(19)10-8-12/h11-14,16H,4-10H2,1-3H3. The first-order valence-corrected chi connectivity index (χ1v) is 9.46. The largest absolute Gasteiger partial charge is 0.322 e. The van der Waals surface area contributed by atoms with E-state index in [0.717, 1.165) is 43.6 Å². The first kappa shape index (κ1) is 16.0. The third-order valence-corrected chi connectivity index (χ3v) is 5.84. The smallest absolute Gasteiger partial charge is 0.241 e. The molecule has 2 fully saturated rings. The highest BCUT2D eigenvalue weighted by Crippen LogP contribution is 2.27. The van der Waals surface area contributed by atoms with E-state index in [2.05, 4.69) is 31.0 Å². The molecule has 0 aromatic rings. The molecule has 2 aliphatic rings. The molecule has 0 bridgehead atoms. The molecule has 0 saturated carbocycles. The minimum absolute atomic E-state index is 0.00484. The van der Waals surface area contributed by atoms with Crippen molar-refractivity contribution >= 4 is 16.7 Å². The predicted molar refractivity (Wildman–Crippen MR) is 82.8 cm³/mol. The second-order valence-corrected chi connectivity index (χ2v) is 8.07. The van der Waals surface area contributed by atoms with Gasteiger partial charge in [0.25, 0.3) is 0 Å². The first-order chi connectivity index (χ1) is 9.54. The number of amides is 1. The van der Waals surface area contributed by atoms with Crippen LogP contribution in [0, 0.1) is 5.92 Å². The van der Waals surface area contributed by atoms with Gasteiger partial charge in [0.2, 0.25) is 5.91 Å². The monoisotopic (exact) mass is 300 g/mol. The highest BCUT2D eigenvalue weighted by Gasteiger charge is 2.43. The Labute approximate surface area is 125 Å². The number of hydrogen-bond acceptors (Lipinski definition) is 3. The number of carbonyl (C=O) groups is 1. The summed E-state index contributed by atoms with van der Waals surface area (Å²) in [7, 11) is -0.666. The van der Waals surface area contributed by atoms with Crippen LogP contribution < -0.4 is 5.32 Å². The topological polar surface area (TPSA) is 49.4 Å². The molecule has 2 unspecified atom stereocenters. The Bertz CT molecular complexity index is 363. The molecule has 2 heterocycles. The Morgan fingerprint density at radius 2 is 2.00 bits per heavy atom. The fraction of sp³-hybridized carbons (Fsp3) is 0.933. The molecular formula is C15H28N2O2S. The highest BCUT2D eigenvalue weighted by atomic mass is 32.2. The van der Waals surface area contributed by atoms with Crippen LogP contribution in [-0.4, -0.2) is 44.8 Å². The molecule has 0 aromatic carbocycles. The zero-order chi connectivity index (χ0) is 14.7. The zero-order valence-corrected chi connectivity index (χ0v) is 13.7. The molecule has 1 amide bonds. The second-order valence-electron chi connectivity index (χ2n) is 6.38. The number of nitrogens with zero attached hydrogens (tertiary/aromatic N) is 1. The van der Waals surface area contributed by atoms with Crippen molar-refractivity contribution in [1.29, 1.82) is 0 Å². The lowest BCUT2D eigenvalue weighted by Crippen LogP contribution is -2.49. The van der Waals surface area contributed by atoms with Crippen molar-refractivity contribution in [2.75, 3.05) is 11.5 Å². The number of hydrogen-bond donors (Lipinski definition) is 1. The van der Waals surface area contributed by atoms with Gasteiger partial charge in [-0.25, -0.2) is 0 Å². The van der Waals surface area contributed by atoms with Crippen molar-refractivity contribution in [3.63, 3.8) is 0 Å². The van der Waals surface area contributed by atoms with Crippen LogP contribution in [0.2, 0.25) is 0 Å². The zero-order valence-electron chi connectivity index (χ0n) is 12.9. The average molecular weight is 300 g/mol. The van der Waals surface area contributed by atoms with E-state index in [4.69, 9.17) is 0 Å². The molecule has 4 nitrogen and oxygen atoms in total. The SMILES string of the molecule is CCCCC1NC(C(C)C)N(C2CCS(=O)CC2)C1=O. The van der Waals surface area contributed by atoms with E-state index in [1.54, 1.807) is 0 Å². The van der Waals surface area contributed by atoms with Crippen molar-refractivity contribution < 1.29 is 9.00 Å². The molecule has 2 saturated heterocycles. The molecular weight excluding hydrogens is 272 g/mol. The lowest BCUT2D eigenvalue weighted by molar-refractivity contribution is -0.133. The summed E-state index contributed by atoms with van der Waals surface area (Å²) in [5, 5.41) is 3.53. The molecule has 20 heavy (non-hydrogen) atoms. The highest BCUT2D eigenvalue weighted by molar-refractivity contribution is 7.85. The van der Waals surface area contributed by atoms with Gasteiger partial charge in [0.05, 0.1) is 12.2 Å². The average Bonchev–Trinajstić information content (AvgIpc) is 2.75. The third-order valence-electron chi connectivity index (χ3n) is 4.45. The first-order valence-electron chi connectivity index (χ1n) is 7.97. The fourth-order valence-corrected chi connectivity index (χ4v) is 4.54. The molecule has 1 N–H and O–H groups in total. The van der Waals surface area contributed by atoms with E-state index in [1.807, 2.05) is 0 Å². The summed E-state index contributed by atoms with van der Waals surface area (Å²) < 4.78 is 11.5. The van der Waals surface area contributed by atoms with Crippen LogP contribution in [0.4, 0.5) is 0 Å². The van der Waals surface area contributed by atoms with Crippen molar-refractivity contribution in [2.24, 2.45) is 5.92 Å². The minimum atomic E-state index is -0.666. The van der Waals surface area contributed by atoms with Crippen LogP contribution in [0.25, 0.3) is 0 Å². The third kappa shape index (κ3) is 3.42. The normalized spacial score (nSPS) is 35.0. The summed E-state index contributed by atoms with van der Waals surface area (Å²) in [6.07, 6.45) is 5.10. The van der Waals surface area contributed by atoms with Gasteiger partial charge < -0.3 is 4.90 Å². The van der Waals surface area contributed by atoms with Gasteiger partial charge >= 0.3 is 0 Å². The number of carbonyl (C=O) groups excluding carboxylic acids is 1. The molecule has 116 valence electrons. The van der Waals surface area contributed by atoms with E-state index >= 15 is 0 Å². The summed E-state index contributed by atoms with van der Waals surface area (Å²) in [4.78, 5) is 14.8. The Hall–Kier alpha value is -0.420. The molecule has 0 spiro atoms. The molecule has 5 heteroatoms. The van der Waals surface area contributed by atoms with Gasteiger partial charge in [-0.2, -0.15) is 0 Å². The summed E-state index contributed by atoms with van der Waals surface area (Å²) in [5.74, 6) is 2.19. The number of nitrogens with one attached hydrogen (secondary N) is 1. The summed E-state index contributed by atoms with van der Waals surface area (Å²) in [5.41, 5.74) is 0. The van der Waals surface area contributed by atoms with Gasteiger partial charge in [0, 0.05) is 28.3 Å². The van der Waals surface area contributed by atoms with Crippen molar-refractivity contribution in [2.45, 2.75) is 71.1 Å². The van der Waals surface area contributed by atoms with E-state index in [0.29, 0.717) is 5.92 Å². The van der Waals surface area contributed by atoms with E-state index < -0.39 is 10.8 Å². The molecule has 2 aliphatic heterocycles. The number of unbranched alkanes of at least 4 members (excludes halogenated alkanes) is 1. The van der Waals surface area contributed by atoms with Crippen molar-refractivity contribution in [3.8, 4) is 0 Å². The predicted octanol–water partition coefficient (Wildman–Crippen LogP) is 1.87. The van der Waals surface area contributed by atoms with Crippen LogP contribution in [0.15, 0.2) is 0 Å². The molecule has 2 rings (SSSR count). The Morgan fingerprint density at radius 1 is 1.35 bits per heavy atom. The Balaban J connectivity index is 2.07. The van der Waals surface area contributed by atoms with E-state index in [-0.39, 0.29) is 24.2 Å². The van der Waals surface area contributed by atoms with Crippen LogP contribution in [0.5, 0.6) is 0 Å². The molecule has 2 atom stereocenters. The van der Waals surface area contributed by atoms with Crippen molar-refractivity contribution in [3.05, 3.63) is 0 Å². The fourth-order valence-electron chi connectivity index (χ4n) is 3.27. The second kappa shape index (κ2) is 7.03. The van der Waals surface area contributed by atoms with Gasteiger partial charge in [-0.3, -0.25) is 14.3 Å². The Morgan fingerprint density at radius 3 is 2.55 bits per heavy atom. The van der Waals surface area contributed by atoms with Gasteiger partial charge in [-0.05, 0) is 25.2 Å². The van der Waals surface area contributed by atoms with Gasteiger partial charge in [-0.15, -0.1) is 0 Å². The minimum Gasteiger partial charge on any atom is -0.322 e. The van der Waals surface area contributed by atoms with Crippen LogP contribution >= 0.6 is 0 Å². The lowest BCUT2D eigenvalue weighted by atomic mass is 10.1. The lowest BCUT2D eigenvalue weighted by Gasteiger charge is -2.36. The molecule has 0 aliphatic carbocycles. The quantitative estimate of drug-likeness (QED) is 0.843. The van der Waals surface area contributed by atoms with Crippen LogP contribution in [-0.2, 0) is 15.6 Å². The van der Waals surface area contributed by atoms with Gasteiger partial charge in [0.1, 0.15) is 0 Å². The summed E-state index contributed by atoms with van der Waals surface area (Å²) >= 11 is 0. The Kier molecular flexibility index (Phi) is 5.61. The maximum Gasteiger partial charge on any atom is 0.241 e. The summed E-state index contributed by atoms with van der Waals surface area (Å²) in [6, 6.07) is 0.279. The molecule has 0 aromatic heterocycles.